The van der Waals surface area contributed by atoms with E-state index in [-0.39, 0.29) is 10.5 Å². The number of anilines is 1. The molecule has 21 heavy (non-hydrogen) atoms. The zero-order chi connectivity index (χ0) is 15.6. The lowest BCUT2D eigenvalue weighted by Gasteiger charge is -2.24. The highest BCUT2D eigenvalue weighted by Crippen LogP contribution is 2.27. The Morgan fingerprint density at radius 3 is 2.67 bits per heavy atom. The van der Waals surface area contributed by atoms with Crippen LogP contribution >= 0.6 is 0 Å². The maximum atomic E-state index is 11.4. The molecule has 1 aliphatic heterocycles. The van der Waals surface area contributed by atoms with Gasteiger partial charge in [-0.1, -0.05) is 6.92 Å². The van der Waals surface area contributed by atoms with Crippen molar-refractivity contribution in [2.24, 2.45) is 11.1 Å². The fourth-order valence-electron chi connectivity index (χ4n) is 2.64. The molecule has 1 fully saturated rings. The van der Waals surface area contributed by atoms with E-state index < -0.39 is 16.0 Å². The third-order valence-electron chi connectivity index (χ3n) is 3.88. The highest BCUT2D eigenvalue weighted by atomic mass is 32.2. The molecule has 6 nitrogen and oxygen atoms in total. The van der Waals surface area contributed by atoms with E-state index in [1.54, 1.807) is 6.07 Å². The van der Waals surface area contributed by atoms with Crippen molar-refractivity contribution in [3.8, 4) is 0 Å². The molecule has 0 spiro atoms. The first-order valence-corrected chi connectivity index (χ1v) is 8.49. The van der Waals surface area contributed by atoms with E-state index in [0.717, 1.165) is 38.4 Å². The second kappa shape index (κ2) is 6.03. The summed E-state index contributed by atoms with van der Waals surface area (Å²) in [5.41, 5.74) is 0.542. The Bertz CT molecular complexity index is 642. The van der Waals surface area contributed by atoms with Gasteiger partial charge in [0.25, 0.3) is 0 Å². The second-order valence-corrected chi connectivity index (χ2v) is 7.11. The number of rotatable bonds is 3. The fourth-order valence-corrected chi connectivity index (χ4v) is 3.18. The summed E-state index contributed by atoms with van der Waals surface area (Å²) in [5, 5.41) is 14.4. The molecule has 1 aliphatic rings. The van der Waals surface area contributed by atoms with E-state index in [1.165, 1.54) is 6.07 Å². The van der Waals surface area contributed by atoms with Crippen LogP contribution in [0.3, 0.4) is 0 Å². The predicted molar refractivity (Wildman–Crippen MR) is 80.0 cm³/mol. The highest BCUT2D eigenvalue weighted by Gasteiger charge is 2.21. The lowest BCUT2D eigenvalue weighted by molar-refractivity contribution is 0.0697. The SMILES string of the molecule is CC1CCCN(c2ccc(S(N)(=O)=O)cc2C(=O)O)CC1. The molecule has 116 valence electrons. The van der Waals surface area contributed by atoms with Gasteiger partial charge in [0.2, 0.25) is 10.0 Å². The number of aromatic carboxylic acids is 1. The van der Waals surface area contributed by atoms with Crippen LogP contribution in [0.15, 0.2) is 23.1 Å². The molecule has 2 rings (SSSR count). The molecule has 1 heterocycles. The summed E-state index contributed by atoms with van der Waals surface area (Å²) in [6.07, 6.45) is 3.11. The zero-order valence-electron chi connectivity index (χ0n) is 11.9. The van der Waals surface area contributed by atoms with Crippen LogP contribution in [0, 0.1) is 5.92 Å². The van der Waals surface area contributed by atoms with Gasteiger partial charge in [-0.2, -0.15) is 0 Å². The van der Waals surface area contributed by atoms with Crippen LogP contribution in [0.2, 0.25) is 0 Å². The van der Waals surface area contributed by atoms with Crippen LogP contribution in [0.25, 0.3) is 0 Å². The molecule has 1 aromatic carbocycles. The Labute approximate surface area is 124 Å². The molecule has 0 aliphatic carbocycles. The number of nitrogens with two attached hydrogens (primary N) is 1. The topological polar surface area (TPSA) is 101 Å². The standard InChI is InChI=1S/C14H20N2O4S/c1-10-3-2-7-16(8-6-10)13-5-4-11(21(15,19)20)9-12(13)14(17)18/h4-5,9-10H,2-3,6-8H2,1H3,(H,17,18)(H2,15,19,20). The van der Waals surface area contributed by atoms with E-state index in [4.69, 9.17) is 5.14 Å². The van der Waals surface area contributed by atoms with Gasteiger partial charge >= 0.3 is 5.97 Å². The maximum absolute atomic E-state index is 11.4. The minimum absolute atomic E-state index is 0.0175. The number of hydrogen-bond acceptors (Lipinski definition) is 4. The minimum Gasteiger partial charge on any atom is -0.478 e. The summed E-state index contributed by atoms with van der Waals surface area (Å²) in [5.74, 6) is -0.528. The Kier molecular flexibility index (Phi) is 4.53. The van der Waals surface area contributed by atoms with E-state index in [9.17, 15) is 18.3 Å². The Morgan fingerprint density at radius 1 is 1.33 bits per heavy atom. The second-order valence-electron chi connectivity index (χ2n) is 5.55. The number of hydrogen-bond donors (Lipinski definition) is 2. The molecule has 1 saturated heterocycles. The van der Waals surface area contributed by atoms with Crippen molar-refractivity contribution in [3.05, 3.63) is 23.8 Å². The maximum Gasteiger partial charge on any atom is 0.337 e. The van der Waals surface area contributed by atoms with Gasteiger partial charge < -0.3 is 10.0 Å². The van der Waals surface area contributed by atoms with E-state index in [0.29, 0.717) is 11.6 Å². The van der Waals surface area contributed by atoms with Crippen LogP contribution in [0.5, 0.6) is 0 Å². The molecule has 3 N–H and O–H groups in total. The third-order valence-corrected chi connectivity index (χ3v) is 4.80. The van der Waals surface area contributed by atoms with E-state index >= 15 is 0 Å². The monoisotopic (exact) mass is 312 g/mol. The summed E-state index contributed by atoms with van der Waals surface area (Å²) in [4.78, 5) is 13.3. The quantitative estimate of drug-likeness (QED) is 0.884. The molecule has 1 unspecified atom stereocenters. The molecule has 1 aromatic rings. The van der Waals surface area contributed by atoms with Gasteiger partial charge in [0, 0.05) is 13.1 Å². The van der Waals surface area contributed by atoms with Gasteiger partial charge in [-0.15, -0.1) is 0 Å². The highest BCUT2D eigenvalue weighted by molar-refractivity contribution is 7.89. The first-order valence-electron chi connectivity index (χ1n) is 6.94. The van der Waals surface area contributed by atoms with Crippen LogP contribution in [-0.4, -0.2) is 32.6 Å². The van der Waals surface area contributed by atoms with Crippen molar-refractivity contribution in [1.29, 1.82) is 0 Å². The van der Waals surface area contributed by atoms with Crippen molar-refractivity contribution in [3.63, 3.8) is 0 Å². The lowest BCUT2D eigenvalue weighted by atomic mass is 10.0. The predicted octanol–water partition coefficient (Wildman–Crippen LogP) is 1.66. The van der Waals surface area contributed by atoms with Gasteiger partial charge in [-0.3, -0.25) is 0 Å². The summed E-state index contributed by atoms with van der Waals surface area (Å²) in [6.45, 7) is 3.74. The van der Waals surface area contributed by atoms with E-state index in [1.807, 2.05) is 4.90 Å². The average molecular weight is 312 g/mol. The molecule has 0 amide bonds. The molecule has 0 bridgehead atoms. The molecule has 1 atom stereocenters. The lowest BCUT2D eigenvalue weighted by Crippen LogP contribution is -2.26. The molecular formula is C14H20N2O4S. The van der Waals surface area contributed by atoms with Gasteiger partial charge in [0.05, 0.1) is 16.1 Å². The smallest absolute Gasteiger partial charge is 0.337 e. The van der Waals surface area contributed by atoms with Crippen LogP contribution < -0.4 is 10.0 Å². The first kappa shape index (κ1) is 15.8. The number of nitrogens with zero attached hydrogens (tertiary/aromatic N) is 1. The molecule has 0 aromatic heterocycles. The van der Waals surface area contributed by atoms with Crippen molar-refractivity contribution in [1.82, 2.24) is 0 Å². The van der Waals surface area contributed by atoms with Crippen LogP contribution in [0.4, 0.5) is 5.69 Å². The zero-order valence-corrected chi connectivity index (χ0v) is 12.8. The molecule has 7 heteroatoms. The largest absolute Gasteiger partial charge is 0.478 e. The average Bonchev–Trinajstić information content (AvgIpc) is 2.61. The minimum atomic E-state index is -3.90. The summed E-state index contributed by atoms with van der Waals surface area (Å²) < 4.78 is 22.7. The normalized spacial score (nSPS) is 20.1. The van der Waals surface area contributed by atoms with Gasteiger partial charge in [-0.25, -0.2) is 18.4 Å². The number of sulfonamides is 1. The number of carboxylic acid groups (broad SMARTS) is 1. The Hall–Kier alpha value is -1.60. The van der Waals surface area contributed by atoms with Crippen molar-refractivity contribution < 1.29 is 18.3 Å². The van der Waals surface area contributed by atoms with Gasteiger partial charge in [0.1, 0.15) is 0 Å². The van der Waals surface area contributed by atoms with Gasteiger partial charge in [-0.05, 0) is 43.4 Å². The Balaban J connectivity index is 2.41. The molecule has 0 radical (unpaired) electrons. The first-order chi connectivity index (χ1) is 9.79. The number of carbonyl (C=O) groups is 1. The summed E-state index contributed by atoms with van der Waals surface area (Å²) in [6, 6.07) is 4.05. The number of carboxylic acids is 1. The summed E-state index contributed by atoms with van der Waals surface area (Å²) >= 11 is 0. The molecular weight excluding hydrogens is 292 g/mol. The van der Waals surface area contributed by atoms with Crippen molar-refractivity contribution in [2.45, 2.75) is 31.1 Å². The summed E-state index contributed by atoms with van der Waals surface area (Å²) in [7, 11) is -3.90. The number of primary sulfonamides is 1. The number of benzene rings is 1. The Morgan fingerprint density at radius 2 is 2.05 bits per heavy atom. The van der Waals surface area contributed by atoms with Crippen LogP contribution in [0.1, 0.15) is 36.5 Å². The van der Waals surface area contributed by atoms with Crippen molar-refractivity contribution in [2.75, 3.05) is 18.0 Å². The van der Waals surface area contributed by atoms with Gasteiger partial charge in [0.15, 0.2) is 0 Å². The van der Waals surface area contributed by atoms with Crippen molar-refractivity contribution >= 4 is 21.7 Å². The third kappa shape index (κ3) is 3.74. The molecule has 0 saturated carbocycles. The van der Waals surface area contributed by atoms with E-state index in [2.05, 4.69) is 6.92 Å². The van der Waals surface area contributed by atoms with Crippen LogP contribution in [-0.2, 0) is 10.0 Å². The fraction of sp³-hybridized carbons (Fsp3) is 0.500.